The van der Waals surface area contributed by atoms with Crippen molar-refractivity contribution in [3.05, 3.63) is 83.2 Å². The van der Waals surface area contributed by atoms with Gasteiger partial charge in [0.05, 0.1) is 55.0 Å². The van der Waals surface area contributed by atoms with Gasteiger partial charge in [0, 0.05) is 29.6 Å². The first-order valence-electron chi connectivity index (χ1n) is 13.1. The van der Waals surface area contributed by atoms with Crippen LogP contribution in [0.25, 0.3) is 22.2 Å². The first kappa shape index (κ1) is 25.5. The fourth-order valence-corrected chi connectivity index (χ4v) is 5.25. The summed E-state index contributed by atoms with van der Waals surface area (Å²) in [5, 5.41) is 13.5. The monoisotopic (exact) mass is 533 g/mol. The second-order valence-corrected chi connectivity index (χ2v) is 10.2. The number of para-hydroxylation sites is 1. The number of fused-ring (bicyclic) bond motifs is 3. The van der Waals surface area contributed by atoms with Crippen LogP contribution < -0.4 is 15.0 Å². The van der Waals surface area contributed by atoms with E-state index in [-0.39, 0.29) is 18.4 Å². The van der Waals surface area contributed by atoms with E-state index in [4.69, 9.17) is 14.5 Å². The molecule has 0 bridgehead atoms. The lowest BCUT2D eigenvalue weighted by molar-refractivity contribution is -0.116. The van der Waals surface area contributed by atoms with Crippen molar-refractivity contribution >= 4 is 28.4 Å². The molecule has 1 atom stereocenters. The van der Waals surface area contributed by atoms with Crippen LogP contribution in [0.3, 0.4) is 0 Å². The summed E-state index contributed by atoms with van der Waals surface area (Å²) in [5.74, 6) is 0.358. The van der Waals surface area contributed by atoms with Crippen LogP contribution in [-0.2, 0) is 28.1 Å². The number of ether oxygens (including phenoxy) is 2. The number of amides is 2. The molecule has 4 aromatic rings. The second kappa shape index (κ2) is 10.1. The Morgan fingerprint density at radius 2 is 2.05 bits per heavy atom. The first-order valence-corrected chi connectivity index (χ1v) is 13.1. The van der Waals surface area contributed by atoms with Crippen LogP contribution >= 0.6 is 0 Å². The molecule has 9 heteroatoms. The Morgan fingerprint density at radius 1 is 1.18 bits per heavy atom. The first-order chi connectivity index (χ1) is 19.4. The minimum absolute atomic E-state index is 0.0329. The molecule has 2 aromatic heterocycles. The normalized spacial score (nSPS) is 17.8. The molecule has 1 N–H and O–H groups in total. The molecule has 4 heterocycles. The number of anilines is 1. The number of benzene rings is 2. The van der Waals surface area contributed by atoms with Crippen molar-refractivity contribution in [2.45, 2.75) is 32.4 Å². The highest BCUT2D eigenvalue weighted by Gasteiger charge is 2.33. The van der Waals surface area contributed by atoms with Gasteiger partial charge in [-0.05, 0) is 60.5 Å². The van der Waals surface area contributed by atoms with Gasteiger partial charge in [-0.25, -0.2) is 4.98 Å². The summed E-state index contributed by atoms with van der Waals surface area (Å²) < 4.78 is 11.5. The maximum absolute atomic E-state index is 13.0. The highest BCUT2D eigenvalue weighted by Crippen LogP contribution is 2.40. The zero-order valence-electron chi connectivity index (χ0n) is 22.2. The minimum Gasteiger partial charge on any atom is -0.489 e. The zero-order chi connectivity index (χ0) is 27.9. The molecule has 40 heavy (non-hydrogen) atoms. The molecule has 0 unspecified atom stereocenters. The summed E-state index contributed by atoms with van der Waals surface area (Å²) in [5.41, 5.74) is 5.09. The summed E-state index contributed by atoms with van der Waals surface area (Å²) in [6.45, 7) is 5.24. The van der Waals surface area contributed by atoms with Crippen LogP contribution in [0, 0.1) is 11.3 Å². The lowest BCUT2D eigenvalue weighted by Gasteiger charge is -2.30. The van der Waals surface area contributed by atoms with Crippen molar-refractivity contribution in [3.8, 4) is 23.1 Å². The summed E-state index contributed by atoms with van der Waals surface area (Å²) in [7, 11) is 0. The second-order valence-electron chi connectivity index (χ2n) is 10.2. The number of nitriles is 1. The van der Waals surface area contributed by atoms with E-state index in [1.165, 1.54) is 0 Å². The topological polar surface area (TPSA) is 117 Å². The maximum atomic E-state index is 13.0. The van der Waals surface area contributed by atoms with Gasteiger partial charge in [0.25, 0.3) is 5.91 Å². The molecule has 0 saturated heterocycles. The number of hydrogen-bond acceptors (Lipinski definition) is 7. The molecule has 200 valence electrons. The highest BCUT2D eigenvalue weighted by molar-refractivity contribution is 5.96. The molecule has 0 saturated carbocycles. The van der Waals surface area contributed by atoms with Gasteiger partial charge < -0.3 is 19.7 Å². The Balaban J connectivity index is 1.24. The molecule has 0 fully saturated rings. The lowest BCUT2D eigenvalue weighted by atomic mass is 9.79. The molecule has 2 amide bonds. The summed E-state index contributed by atoms with van der Waals surface area (Å²) in [6, 6.07) is 19.1. The molecular formula is C31H27N5O4. The quantitative estimate of drug-likeness (QED) is 0.416. The number of nitrogens with one attached hydrogen (secondary N) is 1. The number of hydrogen-bond donors (Lipinski definition) is 1. The average molecular weight is 534 g/mol. The molecule has 0 aliphatic carbocycles. The lowest BCUT2D eigenvalue weighted by Crippen LogP contribution is -2.36. The Labute approximate surface area is 231 Å². The van der Waals surface area contributed by atoms with Crippen LogP contribution in [0.5, 0.6) is 5.75 Å². The number of carbonyl (C=O) groups excluding carboxylic acids is 2. The van der Waals surface area contributed by atoms with Crippen molar-refractivity contribution < 1.29 is 19.1 Å². The van der Waals surface area contributed by atoms with E-state index in [9.17, 15) is 14.9 Å². The molecule has 9 nitrogen and oxygen atoms in total. The molecular weight excluding hydrogens is 506 g/mol. The zero-order valence-corrected chi connectivity index (χ0v) is 22.2. The van der Waals surface area contributed by atoms with Gasteiger partial charge in [0.1, 0.15) is 12.0 Å². The van der Waals surface area contributed by atoms with Gasteiger partial charge >= 0.3 is 0 Å². The van der Waals surface area contributed by atoms with Gasteiger partial charge in [-0.1, -0.05) is 12.1 Å². The van der Waals surface area contributed by atoms with E-state index in [0.717, 1.165) is 39.0 Å². The van der Waals surface area contributed by atoms with E-state index in [0.29, 0.717) is 43.4 Å². The van der Waals surface area contributed by atoms with Crippen LogP contribution in [-0.4, -0.2) is 41.5 Å². The van der Waals surface area contributed by atoms with Crippen molar-refractivity contribution in [2.75, 3.05) is 24.7 Å². The minimum atomic E-state index is -0.791. The highest BCUT2D eigenvalue weighted by atomic mass is 16.5. The third-order valence-corrected chi connectivity index (χ3v) is 7.42. The van der Waals surface area contributed by atoms with Crippen molar-refractivity contribution in [3.63, 3.8) is 0 Å². The summed E-state index contributed by atoms with van der Waals surface area (Å²) in [4.78, 5) is 36.2. The molecule has 2 aliphatic rings. The molecule has 2 aliphatic heterocycles. The standard InChI is InChI=1S/C31H27N5O4/c1-19(37)36-10-11-40-29-24(4-3-5-28(29)36)26-9-8-21-14-33-23(13-27(21)35-26)15-34-30(38)20-6-7-22-16-39-18-31(2,17-32)25(22)12-20/h3-9,12-14H,10-11,15-16,18H2,1-2H3,(H,34,38)/t31-/m1/s1. The Hall–Kier alpha value is -4.81. The number of carbonyl (C=O) groups is 2. The largest absolute Gasteiger partial charge is 0.489 e. The van der Waals surface area contributed by atoms with Gasteiger partial charge in [-0.2, -0.15) is 5.26 Å². The molecule has 6 rings (SSSR count). The van der Waals surface area contributed by atoms with Crippen LogP contribution in [0.2, 0.25) is 0 Å². The molecule has 0 radical (unpaired) electrons. The predicted octanol–water partition coefficient (Wildman–Crippen LogP) is 4.28. The Morgan fingerprint density at radius 3 is 2.88 bits per heavy atom. The van der Waals surface area contributed by atoms with Crippen molar-refractivity contribution in [1.82, 2.24) is 15.3 Å². The number of pyridine rings is 2. The van der Waals surface area contributed by atoms with E-state index in [2.05, 4.69) is 16.4 Å². The van der Waals surface area contributed by atoms with Gasteiger partial charge in [-0.3, -0.25) is 14.6 Å². The fraction of sp³-hybridized carbons (Fsp3) is 0.258. The molecule has 2 aromatic carbocycles. The number of rotatable bonds is 4. The van der Waals surface area contributed by atoms with Gasteiger partial charge in [0.15, 0.2) is 5.75 Å². The van der Waals surface area contributed by atoms with Crippen LogP contribution in [0.1, 0.15) is 41.0 Å². The number of nitrogens with zero attached hydrogens (tertiary/aromatic N) is 4. The van der Waals surface area contributed by atoms with Gasteiger partial charge in [0.2, 0.25) is 5.91 Å². The maximum Gasteiger partial charge on any atom is 0.251 e. The van der Waals surface area contributed by atoms with E-state index < -0.39 is 5.41 Å². The number of aromatic nitrogens is 2. The summed E-state index contributed by atoms with van der Waals surface area (Å²) >= 11 is 0. The van der Waals surface area contributed by atoms with Crippen molar-refractivity contribution in [1.29, 1.82) is 5.26 Å². The van der Waals surface area contributed by atoms with E-state index >= 15 is 0 Å². The van der Waals surface area contributed by atoms with Gasteiger partial charge in [-0.15, -0.1) is 0 Å². The third kappa shape index (κ3) is 4.52. The van der Waals surface area contributed by atoms with Crippen LogP contribution in [0.15, 0.2) is 60.8 Å². The van der Waals surface area contributed by atoms with Crippen LogP contribution in [0.4, 0.5) is 5.69 Å². The molecule has 0 spiro atoms. The summed E-state index contributed by atoms with van der Waals surface area (Å²) in [6.07, 6.45) is 1.74. The van der Waals surface area contributed by atoms with E-state index in [1.54, 1.807) is 30.2 Å². The Kier molecular flexibility index (Phi) is 6.40. The average Bonchev–Trinajstić information content (AvgIpc) is 2.98. The van der Waals surface area contributed by atoms with Crippen molar-refractivity contribution in [2.24, 2.45) is 0 Å². The van der Waals surface area contributed by atoms with E-state index in [1.807, 2.05) is 49.4 Å². The fourth-order valence-electron chi connectivity index (χ4n) is 5.25. The smallest absolute Gasteiger partial charge is 0.251 e. The SMILES string of the molecule is CC(=O)N1CCOc2c(-c3ccc4cnc(CNC(=O)c5ccc6c(c5)[C@](C)(C#N)COC6)cc4n3)cccc21. The predicted molar refractivity (Wildman–Crippen MR) is 149 cm³/mol. The third-order valence-electron chi connectivity index (χ3n) is 7.42. The Bertz CT molecular complexity index is 1710.